The van der Waals surface area contributed by atoms with E-state index in [1.54, 1.807) is 0 Å². The quantitative estimate of drug-likeness (QED) is 0.816. The van der Waals surface area contributed by atoms with Crippen molar-refractivity contribution in [2.75, 3.05) is 26.3 Å². The first-order valence-electron chi connectivity index (χ1n) is 6.55. The third kappa shape index (κ3) is 4.68. The lowest BCUT2D eigenvalue weighted by Crippen LogP contribution is -2.32. The number of fused-ring (bicyclic) bond motifs is 1. The largest absolute Gasteiger partial charge is 0.488 e. The van der Waals surface area contributed by atoms with Gasteiger partial charge in [-0.2, -0.15) is 13.2 Å². The summed E-state index contributed by atoms with van der Waals surface area (Å²) in [5, 5.41) is 3.05. The fourth-order valence-electron chi connectivity index (χ4n) is 2.16. The van der Waals surface area contributed by atoms with Crippen molar-refractivity contribution in [2.45, 2.75) is 25.6 Å². The Balaban J connectivity index is 1.61. The highest BCUT2D eigenvalue weighted by molar-refractivity contribution is 5.40. The highest BCUT2D eigenvalue weighted by Crippen LogP contribution is 2.29. The number of hydrogen-bond acceptors (Lipinski definition) is 3. The lowest BCUT2D eigenvalue weighted by molar-refractivity contribution is -0.173. The van der Waals surface area contributed by atoms with Gasteiger partial charge < -0.3 is 14.8 Å². The molecule has 0 fully saturated rings. The van der Waals surface area contributed by atoms with Crippen LogP contribution in [0.15, 0.2) is 18.2 Å². The molecular formula is C14H18F3NO2. The summed E-state index contributed by atoms with van der Waals surface area (Å²) >= 11 is 0. The zero-order valence-corrected chi connectivity index (χ0v) is 11.3. The minimum absolute atomic E-state index is 0.0365. The molecule has 0 bridgehead atoms. The number of ether oxygens (including phenoxy) is 2. The second-order valence-electron chi connectivity index (χ2n) is 4.93. The van der Waals surface area contributed by atoms with E-state index in [4.69, 9.17) is 4.74 Å². The second kappa shape index (κ2) is 6.45. The monoisotopic (exact) mass is 289 g/mol. The van der Waals surface area contributed by atoms with Crippen LogP contribution < -0.4 is 10.1 Å². The summed E-state index contributed by atoms with van der Waals surface area (Å²) < 4.78 is 45.7. The van der Waals surface area contributed by atoms with E-state index in [-0.39, 0.29) is 12.7 Å². The van der Waals surface area contributed by atoms with Crippen molar-refractivity contribution in [3.63, 3.8) is 0 Å². The lowest BCUT2D eigenvalue weighted by Gasteiger charge is -2.12. The maximum atomic E-state index is 11.8. The van der Waals surface area contributed by atoms with Crippen LogP contribution in [0.25, 0.3) is 0 Å². The molecule has 0 saturated carbocycles. The summed E-state index contributed by atoms with van der Waals surface area (Å²) in [5.41, 5.74) is 2.38. The van der Waals surface area contributed by atoms with Crippen LogP contribution in [0.1, 0.15) is 11.1 Å². The summed E-state index contributed by atoms with van der Waals surface area (Å²) in [4.78, 5) is 0. The van der Waals surface area contributed by atoms with Crippen molar-refractivity contribution < 1.29 is 22.6 Å². The standard InChI is InChI=1S/C14H18F3NO2/c1-10-2-3-13-11(6-10)7-12(20-13)8-18-4-5-19-9-14(15,16)17/h2-3,6,12,18H,4-5,7-9H2,1H3. The number of rotatable bonds is 6. The van der Waals surface area contributed by atoms with Gasteiger partial charge in [-0.25, -0.2) is 0 Å². The molecule has 112 valence electrons. The predicted molar refractivity (Wildman–Crippen MR) is 69.0 cm³/mol. The van der Waals surface area contributed by atoms with E-state index in [9.17, 15) is 13.2 Å². The minimum Gasteiger partial charge on any atom is -0.488 e. The van der Waals surface area contributed by atoms with Gasteiger partial charge in [0.25, 0.3) is 0 Å². The molecule has 2 rings (SSSR count). The number of benzene rings is 1. The maximum Gasteiger partial charge on any atom is 0.411 e. The molecule has 1 aliphatic heterocycles. The molecule has 0 saturated heterocycles. The molecule has 1 heterocycles. The summed E-state index contributed by atoms with van der Waals surface area (Å²) in [5.74, 6) is 0.899. The molecule has 6 heteroatoms. The Hall–Kier alpha value is -1.27. The first-order valence-corrected chi connectivity index (χ1v) is 6.55. The first-order chi connectivity index (χ1) is 9.44. The van der Waals surface area contributed by atoms with Crippen LogP contribution in [0, 0.1) is 6.92 Å². The molecule has 0 amide bonds. The normalized spacial score (nSPS) is 17.9. The Bertz CT molecular complexity index is 449. The van der Waals surface area contributed by atoms with Crippen molar-refractivity contribution in [2.24, 2.45) is 0 Å². The third-order valence-electron chi connectivity index (χ3n) is 3.02. The van der Waals surface area contributed by atoms with Gasteiger partial charge in [0.05, 0.1) is 6.61 Å². The van der Waals surface area contributed by atoms with Crippen LogP contribution in [0.2, 0.25) is 0 Å². The van der Waals surface area contributed by atoms with E-state index >= 15 is 0 Å². The molecule has 3 nitrogen and oxygen atoms in total. The zero-order valence-electron chi connectivity index (χ0n) is 11.3. The van der Waals surface area contributed by atoms with Gasteiger partial charge in [-0.05, 0) is 18.6 Å². The van der Waals surface area contributed by atoms with Crippen molar-refractivity contribution in [3.8, 4) is 5.75 Å². The zero-order chi connectivity index (χ0) is 14.6. The lowest BCUT2D eigenvalue weighted by atomic mass is 10.1. The average Bonchev–Trinajstić information content (AvgIpc) is 2.74. The van der Waals surface area contributed by atoms with E-state index in [0.29, 0.717) is 13.1 Å². The Labute approximate surface area is 116 Å². The summed E-state index contributed by atoms with van der Waals surface area (Å²) in [6, 6.07) is 6.05. The highest BCUT2D eigenvalue weighted by atomic mass is 19.4. The van der Waals surface area contributed by atoms with Gasteiger partial charge in [0, 0.05) is 19.5 Å². The fourth-order valence-corrected chi connectivity index (χ4v) is 2.16. The Kier molecular flexibility index (Phi) is 4.88. The maximum absolute atomic E-state index is 11.8. The van der Waals surface area contributed by atoms with Crippen LogP contribution in [-0.4, -0.2) is 38.6 Å². The number of halogens is 3. The number of nitrogens with one attached hydrogen (secondary N) is 1. The van der Waals surface area contributed by atoms with Gasteiger partial charge in [-0.1, -0.05) is 17.7 Å². The Morgan fingerprint density at radius 1 is 1.40 bits per heavy atom. The summed E-state index contributed by atoms with van der Waals surface area (Å²) in [6.45, 7) is 1.86. The van der Waals surface area contributed by atoms with E-state index < -0.39 is 12.8 Å². The highest BCUT2D eigenvalue weighted by Gasteiger charge is 2.27. The van der Waals surface area contributed by atoms with Crippen molar-refractivity contribution in [1.82, 2.24) is 5.32 Å². The molecule has 1 atom stereocenters. The molecule has 0 aromatic heterocycles. The van der Waals surface area contributed by atoms with Crippen molar-refractivity contribution in [3.05, 3.63) is 29.3 Å². The van der Waals surface area contributed by atoms with E-state index in [1.165, 1.54) is 11.1 Å². The summed E-state index contributed by atoms with van der Waals surface area (Å²) in [7, 11) is 0. The number of hydrogen-bond donors (Lipinski definition) is 1. The van der Waals surface area contributed by atoms with Gasteiger partial charge in [-0.15, -0.1) is 0 Å². The van der Waals surface area contributed by atoms with Crippen LogP contribution in [0.4, 0.5) is 13.2 Å². The third-order valence-corrected chi connectivity index (χ3v) is 3.02. The molecular weight excluding hydrogens is 271 g/mol. The van der Waals surface area contributed by atoms with Crippen LogP contribution in [0.5, 0.6) is 5.75 Å². The molecule has 1 aliphatic rings. The number of alkyl halides is 3. The van der Waals surface area contributed by atoms with E-state index in [1.807, 2.05) is 19.1 Å². The van der Waals surface area contributed by atoms with Gasteiger partial charge >= 0.3 is 6.18 Å². The molecule has 1 aromatic carbocycles. The minimum atomic E-state index is -4.26. The topological polar surface area (TPSA) is 30.5 Å². The molecule has 0 radical (unpaired) electrons. The van der Waals surface area contributed by atoms with Crippen LogP contribution >= 0.6 is 0 Å². The SMILES string of the molecule is Cc1ccc2c(c1)CC(CNCCOCC(F)(F)F)O2. The average molecular weight is 289 g/mol. The van der Waals surface area contributed by atoms with Crippen LogP contribution in [-0.2, 0) is 11.2 Å². The van der Waals surface area contributed by atoms with Crippen molar-refractivity contribution >= 4 is 0 Å². The van der Waals surface area contributed by atoms with Gasteiger partial charge in [-0.3, -0.25) is 0 Å². The molecule has 0 aliphatic carbocycles. The molecule has 1 unspecified atom stereocenters. The Morgan fingerprint density at radius 2 is 2.20 bits per heavy atom. The van der Waals surface area contributed by atoms with E-state index in [0.717, 1.165) is 12.2 Å². The number of aryl methyl sites for hydroxylation is 1. The predicted octanol–water partition coefficient (Wildman–Crippen LogP) is 2.47. The molecule has 1 aromatic rings. The van der Waals surface area contributed by atoms with Crippen molar-refractivity contribution in [1.29, 1.82) is 0 Å². The van der Waals surface area contributed by atoms with Gasteiger partial charge in [0.1, 0.15) is 18.5 Å². The second-order valence-corrected chi connectivity index (χ2v) is 4.93. The fraction of sp³-hybridized carbons (Fsp3) is 0.571. The van der Waals surface area contributed by atoms with E-state index in [2.05, 4.69) is 16.1 Å². The smallest absolute Gasteiger partial charge is 0.411 e. The van der Waals surface area contributed by atoms with Gasteiger partial charge in [0.15, 0.2) is 0 Å². The molecule has 1 N–H and O–H groups in total. The first kappa shape index (κ1) is 15.1. The Morgan fingerprint density at radius 3 is 2.95 bits per heavy atom. The van der Waals surface area contributed by atoms with Gasteiger partial charge in [0.2, 0.25) is 0 Å². The molecule has 20 heavy (non-hydrogen) atoms. The summed E-state index contributed by atoms with van der Waals surface area (Å²) in [6.07, 6.45) is -3.39. The molecule has 0 spiro atoms. The van der Waals surface area contributed by atoms with Crippen LogP contribution in [0.3, 0.4) is 0 Å².